The Kier molecular flexibility index (Phi) is 5.09. The average Bonchev–Trinajstić information content (AvgIpc) is 2.97. The molecule has 5 nitrogen and oxygen atoms in total. The first-order valence-electron chi connectivity index (χ1n) is 9.24. The molecular formula is C19H31N5. The predicted octanol–water partition coefficient (Wildman–Crippen LogP) is 3.22. The molecule has 0 aromatic carbocycles. The van der Waals surface area contributed by atoms with Crippen LogP contribution in [0.2, 0.25) is 0 Å². The van der Waals surface area contributed by atoms with Gasteiger partial charge in [0.15, 0.2) is 0 Å². The van der Waals surface area contributed by atoms with Crippen LogP contribution in [-0.2, 0) is 0 Å². The number of likely N-dealkylation sites (tertiary alicyclic amines) is 1. The van der Waals surface area contributed by atoms with Crippen molar-refractivity contribution in [3.8, 4) is 0 Å². The number of aryl methyl sites for hydroxylation is 1. The minimum atomic E-state index is 0.400. The van der Waals surface area contributed by atoms with Crippen molar-refractivity contribution in [1.29, 1.82) is 0 Å². The number of aliphatic imine (C=N–C) groups is 1. The normalized spacial score (nSPS) is 20.3. The highest BCUT2D eigenvalue weighted by atomic mass is 15.3. The van der Waals surface area contributed by atoms with Crippen LogP contribution in [0.3, 0.4) is 0 Å². The van der Waals surface area contributed by atoms with Crippen molar-refractivity contribution in [3.05, 3.63) is 30.0 Å². The summed E-state index contributed by atoms with van der Waals surface area (Å²) in [4.78, 5) is 14.3. The minimum Gasteiger partial charge on any atom is -0.355 e. The summed E-state index contributed by atoms with van der Waals surface area (Å²) in [5.74, 6) is 1.06. The summed E-state index contributed by atoms with van der Waals surface area (Å²) < 4.78 is 2.26. The second-order valence-electron chi connectivity index (χ2n) is 7.53. The first-order valence-corrected chi connectivity index (χ1v) is 9.24. The van der Waals surface area contributed by atoms with E-state index in [9.17, 15) is 0 Å². The number of imidazole rings is 1. The lowest BCUT2D eigenvalue weighted by Crippen LogP contribution is -2.45. The molecule has 0 atom stereocenters. The predicted molar refractivity (Wildman–Crippen MR) is 99.5 cm³/mol. The molecule has 1 aromatic rings. The van der Waals surface area contributed by atoms with Gasteiger partial charge in [0.2, 0.25) is 0 Å². The van der Waals surface area contributed by atoms with Crippen molar-refractivity contribution in [3.63, 3.8) is 0 Å². The van der Waals surface area contributed by atoms with Crippen LogP contribution in [0.15, 0.2) is 23.5 Å². The molecule has 0 spiro atoms. The van der Waals surface area contributed by atoms with E-state index >= 15 is 0 Å². The second-order valence-corrected chi connectivity index (χ2v) is 7.53. The molecule has 0 saturated carbocycles. The van der Waals surface area contributed by atoms with Gasteiger partial charge < -0.3 is 14.4 Å². The number of hydrogen-bond acceptors (Lipinski definition) is 4. The third kappa shape index (κ3) is 3.41. The van der Waals surface area contributed by atoms with Crippen molar-refractivity contribution in [2.45, 2.75) is 65.6 Å². The number of piperidine rings is 1. The molecule has 5 heteroatoms. The fourth-order valence-corrected chi connectivity index (χ4v) is 3.86. The van der Waals surface area contributed by atoms with Crippen LogP contribution in [-0.4, -0.2) is 56.9 Å². The SMILES string of the molecule is Cc1ncc(C2=NCN(C3CCN(C(C)C)CC3)C=C2)n1C(C)C. The van der Waals surface area contributed by atoms with Gasteiger partial charge in [0, 0.05) is 37.4 Å². The molecule has 3 heterocycles. The molecule has 3 rings (SSSR count). The highest BCUT2D eigenvalue weighted by Crippen LogP contribution is 2.22. The van der Waals surface area contributed by atoms with Crippen LogP contribution in [0.5, 0.6) is 0 Å². The summed E-state index contributed by atoms with van der Waals surface area (Å²) in [7, 11) is 0. The second kappa shape index (κ2) is 7.09. The molecule has 1 saturated heterocycles. The molecule has 132 valence electrons. The quantitative estimate of drug-likeness (QED) is 0.851. The Hall–Kier alpha value is -1.62. The molecule has 0 N–H and O–H groups in total. The monoisotopic (exact) mass is 329 g/mol. The van der Waals surface area contributed by atoms with Crippen LogP contribution in [0, 0.1) is 6.92 Å². The number of hydrogen-bond donors (Lipinski definition) is 0. The van der Waals surface area contributed by atoms with Crippen molar-refractivity contribution in [2.24, 2.45) is 4.99 Å². The van der Waals surface area contributed by atoms with E-state index in [1.54, 1.807) is 0 Å². The number of aromatic nitrogens is 2. The van der Waals surface area contributed by atoms with E-state index in [1.807, 2.05) is 6.20 Å². The number of allylic oxidation sites excluding steroid dienone is 1. The van der Waals surface area contributed by atoms with Gasteiger partial charge in [0.1, 0.15) is 12.5 Å². The van der Waals surface area contributed by atoms with Gasteiger partial charge in [0.25, 0.3) is 0 Å². The van der Waals surface area contributed by atoms with E-state index < -0.39 is 0 Å². The first-order chi connectivity index (χ1) is 11.5. The summed E-state index contributed by atoms with van der Waals surface area (Å²) in [6.45, 7) is 14.2. The van der Waals surface area contributed by atoms with Gasteiger partial charge in [-0.05, 0) is 53.5 Å². The van der Waals surface area contributed by atoms with Crippen LogP contribution in [0.4, 0.5) is 0 Å². The van der Waals surface area contributed by atoms with Gasteiger partial charge >= 0.3 is 0 Å². The Bertz CT molecular complexity index is 618. The van der Waals surface area contributed by atoms with Gasteiger partial charge in [-0.3, -0.25) is 4.99 Å². The minimum absolute atomic E-state index is 0.400. The van der Waals surface area contributed by atoms with Gasteiger partial charge in [-0.1, -0.05) is 0 Å². The van der Waals surface area contributed by atoms with E-state index in [-0.39, 0.29) is 0 Å². The van der Waals surface area contributed by atoms with Crippen molar-refractivity contribution in [1.82, 2.24) is 19.4 Å². The Morgan fingerprint density at radius 3 is 2.33 bits per heavy atom. The highest BCUT2D eigenvalue weighted by molar-refractivity contribution is 6.07. The number of rotatable bonds is 4. The zero-order valence-corrected chi connectivity index (χ0v) is 15.7. The molecule has 0 bridgehead atoms. The maximum Gasteiger partial charge on any atom is 0.110 e. The third-order valence-corrected chi connectivity index (χ3v) is 5.29. The third-order valence-electron chi connectivity index (χ3n) is 5.29. The van der Waals surface area contributed by atoms with Crippen LogP contribution in [0.25, 0.3) is 0 Å². The smallest absolute Gasteiger partial charge is 0.110 e. The van der Waals surface area contributed by atoms with E-state index in [0.29, 0.717) is 18.1 Å². The van der Waals surface area contributed by atoms with Gasteiger partial charge in [-0.15, -0.1) is 0 Å². The summed E-state index contributed by atoms with van der Waals surface area (Å²) >= 11 is 0. The van der Waals surface area contributed by atoms with Crippen molar-refractivity contribution < 1.29 is 0 Å². The van der Waals surface area contributed by atoms with E-state index in [1.165, 1.54) is 25.9 Å². The lowest BCUT2D eigenvalue weighted by Gasteiger charge is -2.39. The summed E-state index contributed by atoms with van der Waals surface area (Å²) in [5, 5.41) is 0. The van der Waals surface area contributed by atoms with E-state index in [0.717, 1.165) is 23.9 Å². The summed E-state index contributed by atoms with van der Waals surface area (Å²) in [6, 6.07) is 1.68. The molecule has 1 aromatic heterocycles. The molecule has 2 aliphatic heterocycles. The topological polar surface area (TPSA) is 36.7 Å². The lowest BCUT2D eigenvalue weighted by atomic mass is 10.0. The zero-order chi connectivity index (χ0) is 17.3. The largest absolute Gasteiger partial charge is 0.355 e. The fourth-order valence-electron chi connectivity index (χ4n) is 3.86. The molecule has 1 fully saturated rings. The fraction of sp³-hybridized carbons (Fsp3) is 0.684. The standard InChI is InChI=1S/C19H31N5/c1-14(2)22-9-6-17(7-10-22)23-11-8-18(21-13-23)19-12-20-16(5)24(19)15(3)4/h8,11-12,14-15,17H,6-7,9-10,13H2,1-5H3. The average molecular weight is 329 g/mol. The van der Waals surface area contributed by atoms with Crippen LogP contribution in [0.1, 0.15) is 58.1 Å². The lowest BCUT2D eigenvalue weighted by molar-refractivity contribution is 0.119. The van der Waals surface area contributed by atoms with Gasteiger partial charge in [0.05, 0.1) is 17.6 Å². The molecule has 0 amide bonds. The molecule has 0 unspecified atom stereocenters. The van der Waals surface area contributed by atoms with Gasteiger partial charge in [-0.2, -0.15) is 0 Å². The summed E-state index contributed by atoms with van der Waals surface area (Å²) in [5.41, 5.74) is 2.19. The van der Waals surface area contributed by atoms with Crippen LogP contribution >= 0.6 is 0 Å². The van der Waals surface area contributed by atoms with E-state index in [4.69, 9.17) is 4.99 Å². The van der Waals surface area contributed by atoms with Crippen molar-refractivity contribution in [2.75, 3.05) is 19.8 Å². The maximum atomic E-state index is 4.85. The van der Waals surface area contributed by atoms with Gasteiger partial charge in [-0.25, -0.2) is 4.98 Å². The maximum absolute atomic E-state index is 4.85. The Labute approximate surface area is 146 Å². The Morgan fingerprint density at radius 2 is 1.79 bits per heavy atom. The van der Waals surface area contributed by atoms with Crippen LogP contribution < -0.4 is 0 Å². The molecular weight excluding hydrogens is 298 g/mol. The molecule has 24 heavy (non-hydrogen) atoms. The molecule has 0 aliphatic carbocycles. The highest BCUT2D eigenvalue weighted by Gasteiger charge is 2.25. The zero-order valence-electron chi connectivity index (χ0n) is 15.7. The van der Waals surface area contributed by atoms with Crippen molar-refractivity contribution >= 4 is 5.71 Å². The molecule has 2 aliphatic rings. The first kappa shape index (κ1) is 17.2. The Balaban J connectivity index is 1.65. The summed E-state index contributed by atoms with van der Waals surface area (Å²) in [6.07, 6.45) is 8.82. The molecule has 0 radical (unpaired) electrons. The van der Waals surface area contributed by atoms with E-state index in [2.05, 4.69) is 66.2 Å². The Morgan fingerprint density at radius 1 is 1.08 bits per heavy atom. The number of nitrogens with zero attached hydrogens (tertiary/aromatic N) is 5.